The zero-order valence-corrected chi connectivity index (χ0v) is 14.2. The van der Waals surface area contributed by atoms with Gasteiger partial charge in [0.25, 0.3) is 0 Å². The summed E-state index contributed by atoms with van der Waals surface area (Å²) in [5, 5.41) is 27.9. The molecular formula is C18H18FN5O. The molecule has 0 unspecified atom stereocenters. The van der Waals surface area contributed by atoms with Crippen LogP contribution in [0.25, 0.3) is 11.3 Å². The largest absolute Gasteiger partial charge is 0.389 e. The number of benzene rings is 1. The summed E-state index contributed by atoms with van der Waals surface area (Å²) in [7, 11) is 3.52. The van der Waals surface area contributed by atoms with E-state index in [4.69, 9.17) is 5.26 Å². The highest BCUT2D eigenvalue weighted by atomic mass is 19.1. The van der Waals surface area contributed by atoms with Crippen LogP contribution in [0.1, 0.15) is 35.5 Å². The topological polar surface area (TPSA) is 79.7 Å². The Labute approximate surface area is 144 Å². The molecule has 1 aromatic carbocycles. The molecule has 128 valence electrons. The standard InChI is InChI=1S/C18H18FN5O/c1-11(25)17-7-13(19)4-5-16(17)18-12(10-23(2)22-18)6-14-8-15(9-20)24(3)21-14/h4-5,7-8,10-11,25H,6H2,1-3H3/t11-/m1/s1. The van der Waals surface area contributed by atoms with Crippen LogP contribution in [-0.4, -0.2) is 24.7 Å². The molecule has 25 heavy (non-hydrogen) atoms. The van der Waals surface area contributed by atoms with Crippen LogP contribution in [-0.2, 0) is 20.5 Å². The Morgan fingerprint density at radius 2 is 2.04 bits per heavy atom. The van der Waals surface area contributed by atoms with Gasteiger partial charge in [0.1, 0.15) is 17.6 Å². The lowest BCUT2D eigenvalue weighted by Crippen LogP contribution is -1.99. The molecule has 0 bridgehead atoms. The number of nitriles is 1. The molecule has 1 N–H and O–H groups in total. The summed E-state index contributed by atoms with van der Waals surface area (Å²) >= 11 is 0. The smallest absolute Gasteiger partial charge is 0.138 e. The van der Waals surface area contributed by atoms with Crippen LogP contribution >= 0.6 is 0 Å². The van der Waals surface area contributed by atoms with Crippen molar-refractivity contribution < 1.29 is 9.50 Å². The van der Waals surface area contributed by atoms with Crippen molar-refractivity contribution in [2.24, 2.45) is 14.1 Å². The second-order valence-corrected chi connectivity index (χ2v) is 6.02. The maximum atomic E-state index is 13.6. The van der Waals surface area contributed by atoms with E-state index in [1.54, 1.807) is 37.8 Å². The second-order valence-electron chi connectivity index (χ2n) is 6.02. The molecule has 1 atom stereocenters. The van der Waals surface area contributed by atoms with Crippen molar-refractivity contribution >= 4 is 0 Å². The molecule has 3 aromatic rings. The highest BCUT2D eigenvalue weighted by Crippen LogP contribution is 2.31. The van der Waals surface area contributed by atoms with Crippen LogP contribution in [0.4, 0.5) is 4.39 Å². The van der Waals surface area contributed by atoms with Crippen LogP contribution in [0, 0.1) is 17.1 Å². The third-order valence-corrected chi connectivity index (χ3v) is 4.04. The van der Waals surface area contributed by atoms with Crippen molar-refractivity contribution in [3.63, 3.8) is 0 Å². The number of nitrogens with zero attached hydrogens (tertiary/aromatic N) is 5. The van der Waals surface area contributed by atoms with Gasteiger partial charge in [-0.25, -0.2) is 4.39 Å². The highest BCUT2D eigenvalue weighted by Gasteiger charge is 2.18. The maximum Gasteiger partial charge on any atom is 0.138 e. The summed E-state index contributed by atoms with van der Waals surface area (Å²) in [5.41, 5.74) is 3.95. The molecule has 0 amide bonds. The van der Waals surface area contributed by atoms with Gasteiger partial charge in [-0.05, 0) is 36.8 Å². The van der Waals surface area contributed by atoms with Gasteiger partial charge in [-0.1, -0.05) is 0 Å². The first-order valence-electron chi connectivity index (χ1n) is 7.82. The van der Waals surface area contributed by atoms with Crippen LogP contribution < -0.4 is 0 Å². The van der Waals surface area contributed by atoms with Gasteiger partial charge in [0.05, 0.1) is 17.5 Å². The van der Waals surface area contributed by atoms with E-state index in [1.165, 1.54) is 16.8 Å². The molecule has 0 spiro atoms. The quantitative estimate of drug-likeness (QED) is 0.792. The van der Waals surface area contributed by atoms with Crippen LogP contribution in [0.3, 0.4) is 0 Å². The average molecular weight is 339 g/mol. The lowest BCUT2D eigenvalue weighted by molar-refractivity contribution is 0.199. The first kappa shape index (κ1) is 16.9. The number of aliphatic hydroxyl groups is 1. The lowest BCUT2D eigenvalue weighted by atomic mass is 9.97. The van der Waals surface area contributed by atoms with Gasteiger partial charge < -0.3 is 5.11 Å². The Morgan fingerprint density at radius 3 is 2.68 bits per heavy atom. The second kappa shape index (κ2) is 6.49. The van der Waals surface area contributed by atoms with E-state index < -0.39 is 11.9 Å². The third-order valence-electron chi connectivity index (χ3n) is 4.04. The third kappa shape index (κ3) is 3.30. The molecule has 3 rings (SSSR count). The van der Waals surface area contributed by atoms with Gasteiger partial charge in [-0.2, -0.15) is 15.5 Å². The molecule has 7 heteroatoms. The number of halogens is 1. The van der Waals surface area contributed by atoms with Crippen molar-refractivity contribution in [3.05, 3.63) is 58.8 Å². The molecular weight excluding hydrogens is 321 g/mol. The maximum absolute atomic E-state index is 13.6. The number of aliphatic hydroxyl groups excluding tert-OH is 1. The van der Waals surface area contributed by atoms with Gasteiger partial charge in [0.2, 0.25) is 0 Å². The van der Waals surface area contributed by atoms with Gasteiger partial charge in [0.15, 0.2) is 0 Å². The normalized spacial score (nSPS) is 12.2. The van der Waals surface area contributed by atoms with Gasteiger partial charge in [-0.15, -0.1) is 0 Å². The van der Waals surface area contributed by atoms with E-state index in [0.29, 0.717) is 28.9 Å². The van der Waals surface area contributed by atoms with Crippen molar-refractivity contribution in [1.29, 1.82) is 5.26 Å². The van der Waals surface area contributed by atoms with Crippen molar-refractivity contribution in [3.8, 4) is 17.3 Å². The van der Waals surface area contributed by atoms with Crippen molar-refractivity contribution in [2.45, 2.75) is 19.4 Å². The molecule has 2 heterocycles. The zero-order chi connectivity index (χ0) is 18.1. The molecule has 0 aliphatic heterocycles. The minimum atomic E-state index is -0.819. The molecule has 0 aliphatic rings. The Bertz CT molecular complexity index is 964. The SMILES string of the molecule is C[C@@H](O)c1cc(F)ccc1-c1nn(C)cc1Cc1cc(C#N)n(C)n1. The Balaban J connectivity index is 2.06. The molecule has 0 aliphatic carbocycles. The number of rotatable bonds is 4. The fourth-order valence-corrected chi connectivity index (χ4v) is 2.90. The fraction of sp³-hybridized carbons (Fsp3) is 0.278. The first-order valence-corrected chi connectivity index (χ1v) is 7.82. The molecule has 6 nitrogen and oxygen atoms in total. The lowest BCUT2D eigenvalue weighted by Gasteiger charge is -2.11. The van der Waals surface area contributed by atoms with E-state index in [2.05, 4.69) is 16.3 Å². The predicted octanol–water partition coefficient (Wildman–Crippen LogP) is 2.48. The van der Waals surface area contributed by atoms with E-state index in [9.17, 15) is 9.50 Å². The number of aromatic nitrogens is 4. The van der Waals surface area contributed by atoms with Crippen LogP contribution in [0.2, 0.25) is 0 Å². The summed E-state index contributed by atoms with van der Waals surface area (Å²) < 4.78 is 16.8. The molecule has 0 radical (unpaired) electrons. The minimum Gasteiger partial charge on any atom is -0.389 e. The van der Waals surface area contributed by atoms with Crippen LogP contribution in [0.5, 0.6) is 0 Å². The number of aryl methyl sites for hydroxylation is 2. The summed E-state index contributed by atoms with van der Waals surface area (Å²) in [6, 6.07) is 8.13. The summed E-state index contributed by atoms with van der Waals surface area (Å²) in [5.74, 6) is -0.402. The van der Waals surface area contributed by atoms with Gasteiger partial charge in [0, 0.05) is 37.8 Å². The monoisotopic (exact) mass is 339 g/mol. The molecule has 0 saturated carbocycles. The summed E-state index contributed by atoms with van der Waals surface area (Å²) in [6.07, 6.45) is 1.53. The van der Waals surface area contributed by atoms with E-state index in [0.717, 1.165) is 11.3 Å². The first-order chi connectivity index (χ1) is 11.9. The summed E-state index contributed by atoms with van der Waals surface area (Å²) in [4.78, 5) is 0. The van der Waals surface area contributed by atoms with Gasteiger partial charge >= 0.3 is 0 Å². The molecule has 2 aromatic heterocycles. The van der Waals surface area contributed by atoms with Crippen molar-refractivity contribution in [1.82, 2.24) is 19.6 Å². The Morgan fingerprint density at radius 1 is 1.28 bits per heavy atom. The minimum absolute atomic E-state index is 0.402. The fourth-order valence-electron chi connectivity index (χ4n) is 2.90. The molecule has 0 fully saturated rings. The number of hydrogen-bond acceptors (Lipinski definition) is 4. The summed E-state index contributed by atoms with van der Waals surface area (Å²) in [6.45, 7) is 1.60. The van der Waals surface area contributed by atoms with Gasteiger partial charge in [-0.3, -0.25) is 9.36 Å². The predicted molar refractivity (Wildman–Crippen MR) is 90.0 cm³/mol. The van der Waals surface area contributed by atoms with E-state index in [1.807, 2.05) is 6.20 Å². The number of hydrogen-bond donors (Lipinski definition) is 1. The Kier molecular flexibility index (Phi) is 4.38. The zero-order valence-electron chi connectivity index (χ0n) is 14.2. The van der Waals surface area contributed by atoms with Crippen LogP contribution in [0.15, 0.2) is 30.5 Å². The average Bonchev–Trinajstić information content (AvgIpc) is 3.09. The highest BCUT2D eigenvalue weighted by molar-refractivity contribution is 5.67. The van der Waals surface area contributed by atoms with E-state index >= 15 is 0 Å². The molecule has 0 saturated heterocycles. The Hall–Kier alpha value is -2.98. The van der Waals surface area contributed by atoms with Crippen molar-refractivity contribution in [2.75, 3.05) is 0 Å². The van der Waals surface area contributed by atoms with E-state index in [-0.39, 0.29) is 0 Å².